The van der Waals surface area contributed by atoms with Crippen molar-refractivity contribution in [2.45, 2.75) is 37.3 Å². The summed E-state index contributed by atoms with van der Waals surface area (Å²) in [6.45, 7) is 0.0654. The van der Waals surface area contributed by atoms with E-state index < -0.39 is 56.4 Å². The van der Waals surface area contributed by atoms with E-state index in [2.05, 4.69) is 16.0 Å². The molecule has 0 spiro atoms. The molecule has 12 nitrogen and oxygen atoms in total. The molecule has 0 radical (unpaired) electrons. The highest BCUT2D eigenvalue weighted by Gasteiger charge is 2.60. The van der Waals surface area contributed by atoms with Crippen molar-refractivity contribution in [1.82, 2.24) is 14.6 Å². The summed E-state index contributed by atoms with van der Waals surface area (Å²) in [4.78, 5) is 27.5. The summed E-state index contributed by atoms with van der Waals surface area (Å²) in [7, 11) is -4.45. The summed E-state index contributed by atoms with van der Waals surface area (Å²) < 4.78 is 64.1. The Labute approximate surface area is 203 Å². The second-order valence-corrected chi connectivity index (χ2v) is 9.24. The number of aromatic nitrogens is 2. The average molecular weight is 528 g/mol. The van der Waals surface area contributed by atoms with Crippen LogP contribution < -0.4 is 21.0 Å². The van der Waals surface area contributed by atoms with Gasteiger partial charge in [0.1, 0.15) is 23.7 Å². The standard InChI is InChI=1S/C21H23F2N4O8P/c1-3-11-32-18(29)13(2)26-36(31,35-14-7-5-4-6-8-14)33-12-15-17(28)21(22,23)19(34-15)27-10-9-16(24)25-20(27)30/h1,4-10,13,15,17,19,28H,11-12H2,2H3,(H,26,31)(H2,24,25,30)/t13-,15+,17+,19+,36-/m0/s1. The highest BCUT2D eigenvalue weighted by Crippen LogP contribution is 2.48. The molecular weight excluding hydrogens is 505 g/mol. The van der Waals surface area contributed by atoms with E-state index in [-0.39, 0.29) is 18.2 Å². The lowest BCUT2D eigenvalue weighted by molar-refractivity contribution is -0.143. The first-order chi connectivity index (χ1) is 17.0. The van der Waals surface area contributed by atoms with Gasteiger partial charge in [0.15, 0.2) is 12.7 Å². The zero-order valence-corrected chi connectivity index (χ0v) is 19.7. The number of nitrogens with two attached hydrogens (primary N) is 1. The molecular formula is C21H23F2N4O8P. The van der Waals surface area contributed by atoms with E-state index in [1.165, 1.54) is 19.1 Å². The number of alkyl halides is 2. The molecule has 1 aliphatic rings. The molecule has 2 heterocycles. The number of carbonyl (C=O) groups is 1. The highest BCUT2D eigenvalue weighted by atomic mass is 31.2. The van der Waals surface area contributed by atoms with Crippen LogP contribution in [0.3, 0.4) is 0 Å². The molecule has 3 rings (SSSR count). The third-order valence-electron chi connectivity index (χ3n) is 4.86. The number of hydrogen-bond donors (Lipinski definition) is 3. The van der Waals surface area contributed by atoms with Gasteiger partial charge in [-0.1, -0.05) is 24.1 Å². The number of rotatable bonds is 10. The zero-order valence-electron chi connectivity index (χ0n) is 18.8. The molecule has 1 aliphatic heterocycles. The number of ether oxygens (including phenoxy) is 2. The minimum atomic E-state index is -4.45. The lowest BCUT2D eigenvalue weighted by Crippen LogP contribution is -2.42. The van der Waals surface area contributed by atoms with Crippen molar-refractivity contribution in [2.75, 3.05) is 18.9 Å². The summed E-state index contributed by atoms with van der Waals surface area (Å²) in [5.74, 6) is -2.87. The van der Waals surface area contributed by atoms with Crippen LogP contribution in [0.25, 0.3) is 0 Å². The van der Waals surface area contributed by atoms with Gasteiger partial charge in [0.25, 0.3) is 0 Å². The number of aliphatic hydroxyl groups excluding tert-OH is 1. The quantitative estimate of drug-likeness (QED) is 0.230. The number of terminal acetylenes is 1. The monoisotopic (exact) mass is 528 g/mol. The van der Waals surface area contributed by atoms with Crippen LogP contribution in [-0.4, -0.2) is 58.0 Å². The van der Waals surface area contributed by atoms with Gasteiger partial charge in [-0.2, -0.15) is 18.9 Å². The smallest absolute Gasteiger partial charge is 0.451 e. The number of benzene rings is 1. The van der Waals surface area contributed by atoms with Crippen LogP contribution in [0.2, 0.25) is 0 Å². The van der Waals surface area contributed by atoms with Crippen LogP contribution in [0.1, 0.15) is 13.2 Å². The topological polar surface area (TPSA) is 164 Å². The normalized spacial score (nSPS) is 23.2. The number of carbonyl (C=O) groups excluding carboxylic acids is 1. The van der Waals surface area contributed by atoms with Crippen molar-refractivity contribution in [1.29, 1.82) is 0 Å². The maximum Gasteiger partial charge on any atom is 0.459 e. The van der Waals surface area contributed by atoms with Gasteiger partial charge < -0.3 is 24.8 Å². The van der Waals surface area contributed by atoms with Crippen molar-refractivity contribution >= 4 is 19.5 Å². The van der Waals surface area contributed by atoms with E-state index in [9.17, 15) is 28.0 Å². The molecule has 0 saturated carbocycles. The molecule has 1 saturated heterocycles. The Hall–Kier alpha value is -3.34. The lowest BCUT2D eigenvalue weighted by atomic mass is 10.1. The van der Waals surface area contributed by atoms with Crippen molar-refractivity contribution in [3.63, 3.8) is 0 Å². The number of halogens is 2. The van der Waals surface area contributed by atoms with Crippen LogP contribution in [0.4, 0.5) is 14.6 Å². The summed E-state index contributed by atoms with van der Waals surface area (Å²) in [5, 5.41) is 12.5. The van der Waals surface area contributed by atoms with Crippen LogP contribution in [0, 0.1) is 12.3 Å². The van der Waals surface area contributed by atoms with Gasteiger partial charge in [-0.3, -0.25) is 13.9 Å². The first-order valence-electron chi connectivity index (χ1n) is 10.4. The third kappa shape index (κ3) is 6.26. The van der Waals surface area contributed by atoms with Crippen molar-refractivity contribution < 1.29 is 41.8 Å². The van der Waals surface area contributed by atoms with Gasteiger partial charge in [0.05, 0.1) is 6.61 Å². The van der Waals surface area contributed by atoms with E-state index in [1.54, 1.807) is 18.2 Å². The van der Waals surface area contributed by atoms with Crippen LogP contribution in [0.5, 0.6) is 5.75 Å². The maximum atomic E-state index is 14.8. The fourth-order valence-corrected chi connectivity index (χ4v) is 4.62. The van der Waals surface area contributed by atoms with Crippen LogP contribution in [0.15, 0.2) is 47.4 Å². The second kappa shape index (κ2) is 11.2. The van der Waals surface area contributed by atoms with Gasteiger partial charge >= 0.3 is 25.3 Å². The van der Waals surface area contributed by atoms with E-state index in [1.807, 2.05) is 0 Å². The Morgan fingerprint density at radius 1 is 1.42 bits per heavy atom. The van der Waals surface area contributed by atoms with Crippen molar-refractivity contribution in [2.24, 2.45) is 0 Å². The van der Waals surface area contributed by atoms with E-state index in [0.29, 0.717) is 4.57 Å². The molecule has 36 heavy (non-hydrogen) atoms. The molecule has 0 aliphatic carbocycles. The first-order valence-corrected chi connectivity index (χ1v) is 11.9. The lowest BCUT2D eigenvalue weighted by Gasteiger charge is -2.24. The van der Waals surface area contributed by atoms with E-state index in [0.717, 1.165) is 12.3 Å². The fraction of sp³-hybridized carbons (Fsp3) is 0.381. The number of nitrogens with zero attached hydrogens (tertiary/aromatic N) is 2. The summed E-state index contributed by atoms with van der Waals surface area (Å²) in [5.41, 5.74) is 4.25. The van der Waals surface area contributed by atoms with Gasteiger partial charge in [-0.15, -0.1) is 6.42 Å². The minimum absolute atomic E-state index is 0.0631. The molecule has 1 aromatic carbocycles. The number of esters is 1. The Morgan fingerprint density at radius 3 is 2.75 bits per heavy atom. The molecule has 194 valence electrons. The number of aliphatic hydroxyl groups is 1. The van der Waals surface area contributed by atoms with Gasteiger partial charge in [-0.25, -0.2) is 9.36 Å². The van der Waals surface area contributed by atoms with E-state index >= 15 is 0 Å². The van der Waals surface area contributed by atoms with Gasteiger partial charge in [0.2, 0.25) is 6.23 Å². The molecule has 0 bridgehead atoms. The van der Waals surface area contributed by atoms with Crippen LogP contribution in [-0.2, 0) is 23.4 Å². The van der Waals surface area contributed by atoms with Crippen molar-refractivity contribution in [3.8, 4) is 18.1 Å². The largest absolute Gasteiger partial charge is 0.459 e. The SMILES string of the molecule is C#CCOC(=O)[C@H](C)N[P@](=O)(OC[C@H]1O[C@@H](n2ccc(N)nc2=O)C(F)(F)[C@@H]1O)Oc1ccccc1. The number of hydrogen-bond acceptors (Lipinski definition) is 10. The molecule has 5 atom stereocenters. The van der Waals surface area contributed by atoms with Gasteiger partial charge in [0, 0.05) is 6.20 Å². The maximum absolute atomic E-state index is 14.8. The van der Waals surface area contributed by atoms with Gasteiger partial charge in [-0.05, 0) is 25.1 Å². The number of nitrogens with one attached hydrogen (secondary N) is 1. The summed E-state index contributed by atoms with van der Waals surface area (Å²) >= 11 is 0. The predicted octanol–water partition coefficient (Wildman–Crippen LogP) is 1.08. The van der Waals surface area contributed by atoms with Crippen molar-refractivity contribution in [3.05, 3.63) is 53.1 Å². The molecule has 4 N–H and O–H groups in total. The zero-order chi connectivity index (χ0) is 26.5. The molecule has 1 fully saturated rings. The predicted molar refractivity (Wildman–Crippen MR) is 121 cm³/mol. The second-order valence-electron chi connectivity index (χ2n) is 7.55. The Morgan fingerprint density at radius 2 is 2.11 bits per heavy atom. The Bertz CT molecular complexity index is 1220. The molecule has 1 aromatic heterocycles. The van der Waals surface area contributed by atoms with E-state index in [4.69, 9.17) is 30.7 Å². The number of nitrogen functional groups attached to an aromatic ring is 1. The number of anilines is 1. The Kier molecular flexibility index (Phi) is 8.44. The summed E-state index contributed by atoms with van der Waals surface area (Å²) in [6.07, 6.45) is -0.483. The number of para-hydroxylation sites is 1. The Balaban J connectivity index is 1.79. The van der Waals surface area contributed by atoms with Crippen LogP contribution >= 0.6 is 7.75 Å². The molecule has 2 aromatic rings. The molecule has 15 heteroatoms. The highest BCUT2D eigenvalue weighted by molar-refractivity contribution is 7.52. The molecule has 0 unspecified atom stereocenters. The fourth-order valence-electron chi connectivity index (χ4n) is 3.12. The minimum Gasteiger partial charge on any atom is -0.451 e. The summed E-state index contributed by atoms with van der Waals surface area (Å²) in [6, 6.07) is 7.51. The molecule has 0 amide bonds. The average Bonchev–Trinajstić information content (AvgIpc) is 3.05. The first kappa shape index (κ1) is 27.3. The third-order valence-corrected chi connectivity index (χ3v) is 6.51.